The Kier molecular flexibility index (Phi) is 5.98. The number of nitrogens with zero attached hydrogens (tertiary/aromatic N) is 4. The Hall–Kier alpha value is -1.85. The third-order valence-corrected chi connectivity index (χ3v) is 4.97. The van der Waals surface area contributed by atoms with Crippen molar-refractivity contribution in [2.75, 3.05) is 6.61 Å². The van der Waals surface area contributed by atoms with Gasteiger partial charge in [-0.2, -0.15) is 0 Å². The molecular formula is C14H11BrN4O2Se. The first-order valence-corrected chi connectivity index (χ1v) is 8.93. The molecule has 0 N–H and O–H groups in total. The van der Waals surface area contributed by atoms with Crippen LogP contribution in [0.5, 0.6) is 0 Å². The van der Waals surface area contributed by atoms with Crippen molar-refractivity contribution >= 4 is 42.5 Å². The third-order valence-electron chi connectivity index (χ3n) is 2.53. The number of hydrogen-bond acceptors (Lipinski definition) is 4. The van der Waals surface area contributed by atoms with Crippen molar-refractivity contribution in [3.8, 4) is 10.1 Å². The van der Waals surface area contributed by atoms with Crippen LogP contribution in [0.1, 0.15) is 12.6 Å². The summed E-state index contributed by atoms with van der Waals surface area (Å²) in [7, 11) is 0. The number of esters is 1. The molecule has 0 aliphatic carbocycles. The molecule has 112 valence electrons. The molecule has 2 aromatic rings. The van der Waals surface area contributed by atoms with E-state index in [1.807, 2.05) is 29.2 Å². The van der Waals surface area contributed by atoms with E-state index >= 15 is 0 Å². The number of aromatic nitrogens is 1. The van der Waals surface area contributed by atoms with E-state index in [1.54, 1.807) is 6.92 Å². The monoisotopic (exact) mass is 426 g/mol. The zero-order chi connectivity index (χ0) is 15.9. The third kappa shape index (κ3) is 4.32. The van der Waals surface area contributed by atoms with Gasteiger partial charge in [0, 0.05) is 0 Å². The summed E-state index contributed by atoms with van der Waals surface area (Å²) in [5.41, 5.74) is 10.1. The average molecular weight is 426 g/mol. The van der Waals surface area contributed by atoms with Gasteiger partial charge in [0.25, 0.3) is 0 Å². The summed E-state index contributed by atoms with van der Waals surface area (Å²) in [6, 6.07) is 7.85. The SMILES string of the molecule is CCOC(=O)/C(=C/c1c[se]c(-c2ccc(Br)cc2)n1)N=[N+]=[N-]. The molecule has 8 heteroatoms. The average Bonchev–Trinajstić information content (AvgIpc) is 2.96. The van der Waals surface area contributed by atoms with Crippen molar-refractivity contribution in [1.29, 1.82) is 0 Å². The molecule has 0 fully saturated rings. The van der Waals surface area contributed by atoms with Crippen molar-refractivity contribution in [3.05, 3.63) is 55.5 Å². The molecule has 0 spiro atoms. The van der Waals surface area contributed by atoms with Gasteiger partial charge >= 0.3 is 141 Å². The summed E-state index contributed by atoms with van der Waals surface area (Å²) in [6.45, 7) is 1.90. The number of benzene rings is 1. The fraction of sp³-hybridized carbons (Fsp3) is 0.143. The molecule has 0 aliphatic heterocycles. The van der Waals surface area contributed by atoms with Gasteiger partial charge in [-0.05, 0) is 0 Å². The van der Waals surface area contributed by atoms with Crippen LogP contribution in [0.4, 0.5) is 0 Å². The van der Waals surface area contributed by atoms with Gasteiger partial charge in [0.2, 0.25) is 0 Å². The van der Waals surface area contributed by atoms with E-state index in [9.17, 15) is 4.79 Å². The Morgan fingerprint density at radius 1 is 1.50 bits per heavy atom. The van der Waals surface area contributed by atoms with Gasteiger partial charge in [0.15, 0.2) is 0 Å². The van der Waals surface area contributed by atoms with Crippen molar-refractivity contribution in [3.63, 3.8) is 0 Å². The molecule has 0 radical (unpaired) electrons. The molecule has 0 saturated carbocycles. The fourth-order valence-electron chi connectivity index (χ4n) is 1.60. The molecule has 22 heavy (non-hydrogen) atoms. The predicted octanol–water partition coefficient (Wildman–Crippen LogP) is 3.78. The molecule has 0 unspecified atom stereocenters. The van der Waals surface area contributed by atoms with E-state index in [2.05, 4.69) is 30.9 Å². The molecule has 0 bridgehead atoms. The summed E-state index contributed by atoms with van der Waals surface area (Å²) in [6.07, 6.45) is 1.45. The van der Waals surface area contributed by atoms with Gasteiger partial charge in [0.05, 0.1) is 0 Å². The second-order valence-corrected chi connectivity index (χ2v) is 6.74. The Balaban J connectivity index is 2.29. The van der Waals surface area contributed by atoms with E-state index in [0.717, 1.165) is 14.6 Å². The van der Waals surface area contributed by atoms with Gasteiger partial charge < -0.3 is 0 Å². The van der Waals surface area contributed by atoms with Gasteiger partial charge in [-0.3, -0.25) is 0 Å². The molecule has 1 aromatic carbocycles. The van der Waals surface area contributed by atoms with E-state index in [1.165, 1.54) is 6.08 Å². The molecule has 0 amide bonds. The maximum atomic E-state index is 11.7. The quantitative estimate of drug-likeness (QED) is 0.182. The predicted molar refractivity (Wildman–Crippen MR) is 88.1 cm³/mol. The topological polar surface area (TPSA) is 88.0 Å². The first-order valence-electron chi connectivity index (χ1n) is 6.29. The van der Waals surface area contributed by atoms with Crippen molar-refractivity contribution in [1.82, 2.24) is 4.98 Å². The van der Waals surface area contributed by atoms with Crippen molar-refractivity contribution in [2.45, 2.75) is 6.92 Å². The Morgan fingerprint density at radius 2 is 2.23 bits per heavy atom. The van der Waals surface area contributed by atoms with Crippen LogP contribution in [-0.2, 0) is 9.53 Å². The zero-order valence-corrected chi connectivity index (χ0v) is 14.9. The van der Waals surface area contributed by atoms with E-state index < -0.39 is 5.97 Å². The van der Waals surface area contributed by atoms with E-state index in [-0.39, 0.29) is 26.8 Å². The van der Waals surface area contributed by atoms with E-state index in [0.29, 0.717) is 5.69 Å². The minimum absolute atomic E-state index is 0.0653. The van der Waals surface area contributed by atoms with Crippen LogP contribution in [0.3, 0.4) is 0 Å². The van der Waals surface area contributed by atoms with Crippen LogP contribution in [0.2, 0.25) is 0 Å². The van der Waals surface area contributed by atoms with Gasteiger partial charge in [-0.15, -0.1) is 0 Å². The summed E-state index contributed by atoms with van der Waals surface area (Å²) in [5, 5.41) is 3.37. The van der Waals surface area contributed by atoms with Gasteiger partial charge in [-0.25, -0.2) is 0 Å². The number of ether oxygens (including phenoxy) is 1. The molecule has 1 heterocycles. The van der Waals surface area contributed by atoms with Crippen LogP contribution in [0.15, 0.2) is 44.5 Å². The second-order valence-electron chi connectivity index (χ2n) is 4.02. The van der Waals surface area contributed by atoms with Crippen LogP contribution < -0.4 is 0 Å². The van der Waals surface area contributed by atoms with Gasteiger partial charge in [-0.1, -0.05) is 0 Å². The first kappa shape index (κ1) is 16.5. The first-order chi connectivity index (χ1) is 10.6. The Morgan fingerprint density at radius 3 is 2.86 bits per heavy atom. The van der Waals surface area contributed by atoms with Gasteiger partial charge in [0.1, 0.15) is 0 Å². The summed E-state index contributed by atoms with van der Waals surface area (Å²) in [5.74, 6) is -0.652. The van der Waals surface area contributed by atoms with Crippen LogP contribution in [0, 0.1) is 0 Å². The van der Waals surface area contributed by atoms with Crippen molar-refractivity contribution in [2.24, 2.45) is 5.11 Å². The Bertz CT molecular complexity index is 748. The molecule has 0 aliphatic rings. The minimum atomic E-state index is -0.652. The normalized spacial score (nSPS) is 10.9. The number of hydrogen-bond donors (Lipinski definition) is 0. The van der Waals surface area contributed by atoms with Crippen LogP contribution >= 0.6 is 15.9 Å². The Labute approximate surface area is 141 Å². The second kappa shape index (κ2) is 7.96. The number of carbonyl (C=O) groups is 1. The number of halogens is 1. The molecular weight excluding hydrogens is 415 g/mol. The fourth-order valence-corrected chi connectivity index (χ4v) is 3.51. The summed E-state index contributed by atoms with van der Waals surface area (Å²) >= 11 is 3.46. The van der Waals surface area contributed by atoms with Crippen LogP contribution in [-0.4, -0.2) is 32.1 Å². The number of azide groups is 1. The summed E-state index contributed by atoms with van der Waals surface area (Å²) < 4.78 is 6.80. The number of carbonyl (C=O) groups excluding carboxylic acids is 1. The van der Waals surface area contributed by atoms with Crippen molar-refractivity contribution < 1.29 is 9.53 Å². The summed E-state index contributed by atoms with van der Waals surface area (Å²) in [4.78, 5) is 20.7. The zero-order valence-electron chi connectivity index (χ0n) is 11.6. The molecule has 6 nitrogen and oxygen atoms in total. The van der Waals surface area contributed by atoms with Crippen LogP contribution in [0.25, 0.3) is 26.7 Å². The maximum absolute atomic E-state index is 11.7. The molecule has 0 saturated heterocycles. The van der Waals surface area contributed by atoms with E-state index in [4.69, 9.17) is 10.3 Å². The molecule has 2 rings (SSSR count). The molecule has 1 aromatic heterocycles. The molecule has 0 atom stereocenters. The number of rotatable bonds is 5. The standard InChI is InChI=1S/C14H11BrN4O2Se/c1-2-21-14(20)12(18-19-16)7-11-8-22-13(17-11)9-3-5-10(15)6-4-9/h3-8H,2H2,1H3/b12-7-.